The molecule has 8 heteroatoms. The van der Waals surface area contributed by atoms with Crippen molar-refractivity contribution in [1.82, 2.24) is 4.31 Å². The highest BCUT2D eigenvalue weighted by Crippen LogP contribution is 2.25. The topological polar surface area (TPSA) is 80.8 Å². The monoisotopic (exact) mass is 421 g/mol. The first-order valence-electron chi connectivity index (χ1n) is 9.17. The average molecular weight is 422 g/mol. The Labute approximate surface area is 169 Å². The van der Waals surface area contributed by atoms with Gasteiger partial charge in [-0.2, -0.15) is 4.31 Å². The number of Topliss-reactive ketones (excluding diaryl/α,β-unsaturated/α-hetero) is 1. The molecule has 1 aromatic heterocycles. The Balaban J connectivity index is 1.71. The van der Waals surface area contributed by atoms with Gasteiger partial charge in [-0.25, -0.2) is 13.2 Å². The van der Waals surface area contributed by atoms with Crippen LogP contribution in [0.1, 0.15) is 51.1 Å². The van der Waals surface area contributed by atoms with Crippen LogP contribution in [0.2, 0.25) is 0 Å². The van der Waals surface area contributed by atoms with Gasteiger partial charge in [0.05, 0.1) is 15.3 Å². The number of piperidine rings is 1. The molecule has 0 bridgehead atoms. The van der Waals surface area contributed by atoms with Crippen molar-refractivity contribution < 1.29 is 22.7 Å². The molecule has 1 atom stereocenters. The van der Waals surface area contributed by atoms with Crippen molar-refractivity contribution in [3.8, 4) is 0 Å². The van der Waals surface area contributed by atoms with Gasteiger partial charge in [0.2, 0.25) is 15.8 Å². The Morgan fingerprint density at radius 2 is 2.00 bits per heavy atom. The van der Waals surface area contributed by atoms with Gasteiger partial charge in [0.25, 0.3) is 0 Å². The lowest BCUT2D eigenvalue weighted by Crippen LogP contribution is -2.41. The van der Waals surface area contributed by atoms with Gasteiger partial charge in [-0.05, 0) is 57.0 Å². The highest BCUT2D eigenvalue weighted by molar-refractivity contribution is 7.89. The summed E-state index contributed by atoms with van der Waals surface area (Å²) in [6.45, 7) is 3.89. The van der Waals surface area contributed by atoms with Crippen molar-refractivity contribution in [3.05, 3.63) is 51.7 Å². The average Bonchev–Trinajstić information content (AvgIpc) is 3.12. The second-order valence-corrected chi connectivity index (χ2v) is 10.1. The van der Waals surface area contributed by atoms with E-state index in [0.29, 0.717) is 11.4 Å². The third-order valence-corrected chi connectivity index (χ3v) is 7.82. The number of ketones is 1. The third kappa shape index (κ3) is 4.51. The van der Waals surface area contributed by atoms with Gasteiger partial charge in [0.15, 0.2) is 6.61 Å². The summed E-state index contributed by atoms with van der Waals surface area (Å²) in [5, 5.41) is 0. The number of sulfonamides is 1. The number of ether oxygens (including phenoxy) is 1. The minimum Gasteiger partial charge on any atom is -0.454 e. The number of carbonyl (C=O) groups excluding carboxylic acids is 2. The van der Waals surface area contributed by atoms with E-state index < -0.39 is 16.0 Å². The smallest absolute Gasteiger partial charge is 0.338 e. The van der Waals surface area contributed by atoms with Gasteiger partial charge in [-0.3, -0.25) is 4.79 Å². The molecule has 3 rings (SSSR count). The fraction of sp³-hybridized carbons (Fsp3) is 0.400. The van der Waals surface area contributed by atoms with E-state index >= 15 is 0 Å². The highest BCUT2D eigenvalue weighted by Gasteiger charge is 2.31. The lowest BCUT2D eigenvalue weighted by molar-refractivity contribution is 0.0475. The summed E-state index contributed by atoms with van der Waals surface area (Å²) in [5.74, 6) is -0.997. The van der Waals surface area contributed by atoms with E-state index in [1.54, 1.807) is 6.07 Å². The number of nitrogens with zero attached hydrogens (tertiary/aromatic N) is 1. The lowest BCUT2D eigenvalue weighted by atomic mass is 10.1. The molecule has 28 heavy (non-hydrogen) atoms. The van der Waals surface area contributed by atoms with Crippen molar-refractivity contribution in [2.75, 3.05) is 13.2 Å². The molecule has 2 aromatic rings. The molecule has 1 aliphatic rings. The quantitative estimate of drug-likeness (QED) is 0.525. The molecule has 1 fully saturated rings. The summed E-state index contributed by atoms with van der Waals surface area (Å²) >= 11 is 1.34. The van der Waals surface area contributed by atoms with Crippen LogP contribution in [0.4, 0.5) is 0 Å². The van der Waals surface area contributed by atoms with E-state index in [2.05, 4.69) is 0 Å². The van der Waals surface area contributed by atoms with Crippen LogP contribution in [0, 0.1) is 6.92 Å². The van der Waals surface area contributed by atoms with Gasteiger partial charge in [0, 0.05) is 17.5 Å². The van der Waals surface area contributed by atoms with Gasteiger partial charge in [0.1, 0.15) is 0 Å². The van der Waals surface area contributed by atoms with Gasteiger partial charge >= 0.3 is 5.97 Å². The molecular weight excluding hydrogens is 398 g/mol. The van der Waals surface area contributed by atoms with E-state index in [1.807, 2.05) is 19.9 Å². The molecule has 1 saturated heterocycles. The van der Waals surface area contributed by atoms with Crippen LogP contribution in [0.5, 0.6) is 0 Å². The SMILES string of the molecule is Cc1ccc(C(=O)COC(=O)c2cccc(S(=O)(=O)N3CCCC[C@H]3C)c2)s1. The van der Waals surface area contributed by atoms with E-state index in [1.165, 1.54) is 39.9 Å². The molecular formula is C20H23NO5S2. The van der Waals surface area contributed by atoms with Crippen molar-refractivity contribution in [1.29, 1.82) is 0 Å². The zero-order valence-corrected chi connectivity index (χ0v) is 17.5. The van der Waals surface area contributed by atoms with Crippen molar-refractivity contribution in [2.24, 2.45) is 0 Å². The molecule has 1 aromatic carbocycles. The maximum atomic E-state index is 12.9. The largest absolute Gasteiger partial charge is 0.454 e. The summed E-state index contributed by atoms with van der Waals surface area (Å²) < 4.78 is 32.5. The second kappa shape index (κ2) is 8.55. The maximum absolute atomic E-state index is 12.9. The Kier molecular flexibility index (Phi) is 6.32. The Bertz CT molecular complexity index is 980. The summed E-state index contributed by atoms with van der Waals surface area (Å²) in [7, 11) is -3.68. The van der Waals surface area contributed by atoms with Gasteiger partial charge < -0.3 is 4.74 Å². The Morgan fingerprint density at radius 3 is 2.68 bits per heavy atom. The number of carbonyl (C=O) groups is 2. The van der Waals surface area contributed by atoms with Crippen molar-refractivity contribution >= 4 is 33.1 Å². The summed E-state index contributed by atoms with van der Waals surface area (Å²) in [6.07, 6.45) is 2.66. The number of hydrogen-bond donors (Lipinski definition) is 0. The molecule has 0 radical (unpaired) electrons. The van der Waals surface area contributed by atoms with Crippen LogP contribution in [-0.2, 0) is 14.8 Å². The molecule has 0 saturated carbocycles. The molecule has 0 unspecified atom stereocenters. The van der Waals surface area contributed by atoms with Crippen LogP contribution in [0.3, 0.4) is 0 Å². The van der Waals surface area contributed by atoms with Crippen LogP contribution in [-0.4, -0.2) is 43.7 Å². The number of aryl methyl sites for hydroxylation is 1. The minimum absolute atomic E-state index is 0.0657. The predicted octanol–water partition coefficient (Wildman–Crippen LogP) is 3.66. The molecule has 6 nitrogen and oxygen atoms in total. The Hall–Kier alpha value is -2.03. The second-order valence-electron chi connectivity index (χ2n) is 6.90. The van der Waals surface area contributed by atoms with Crippen LogP contribution in [0.25, 0.3) is 0 Å². The van der Waals surface area contributed by atoms with Crippen LogP contribution in [0.15, 0.2) is 41.3 Å². The van der Waals surface area contributed by atoms with E-state index in [9.17, 15) is 18.0 Å². The molecule has 0 spiro atoms. The van der Waals surface area contributed by atoms with Gasteiger partial charge in [-0.15, -0.1) is 11.3 Å². The number of benzene rings is 1. The first-order valence-corrected chi connectivity index (χ1v) is 11.4. The van der Waals surface area contributed by atoms with E-state index in [-0.39, 0.29) is 28.9 Å². The normalized spacial score (nSPS) is 18.0. The van der Waals surface area contributed by atoms with Crippen molar-refractivity contribution in [2.45, 2.75) is 44.0 Å². The fourth-order valence-corrected chi connectivity index (χ4v) is 5.76. The van der Waals surface area contributed by atoms with Crippen LogP contribution >= 0.6 is 11.3 Å². The third-order valence-electron chi connectivity index (χ3n) is 4.77. The minimum atomic E-state index is -3.68. The van der Waals surface area contributed by atoms with E-state index in [0.717, 1.165) is 24.1 Å². The predicted molar refractivity (Wildman–Crippen MR) is 107 cm³/mol. The van der Waals surface area contributed by atoms with E-state index in [4.69, 9.17) is 4.74 Å². The lowest BCUT2D eigenvalue weighted by Gasteiger charge is -2.32. The molecule has 150 valence electrons. The van der Waals surface area contributed by atoms with Crippen molar-refractivity contribution in [3.63, 3.8) is 0 Å². The molecule has 0 N–H and O–H groups in total. The zero-order valence-electron chi connectivity index (χ0n) is 15.9. The highest BCUT2D eigenvalue weighted by atomic mass is 32.2. The standard InChI is InChI=1S/C20H23NO5S2/c1-14-6-3-4-11-21(14)28(24,25)17-8-5-7-16(12-17)20(23)26-13-18(22)19-10-9-15(2)27-19/h5,7-10,12,14H,3-4,6,11,13H2,1-2H3/t14-/m1/s1. The van der Waals surface area contributed by atoms with Gasteiger partial charge in [-0.1, -0.05) is 12.5 Å². The number of hydrogen-bond acceptors (Lipinski definition) is 6. The number of esters is 1. The summed E-state index contributed by atoms with van der Waals surface area (Å²) in [6, 6.07) is 9.26. The summed E-state index contributed by atoms with van der Waals surface area (Å²) in [5.41, 5.74) is 0.112. The zero-order chi connectivity index (χ0) is 20.3. The molecule has 0 amide bonds. The fourth-order valence-electron chi connectivity index (χ4n) is 3.22. The first kappa shape index (κ1) is 20.7. The number of thiophene rings is 1. The first-order chi connectivity index (χ1) is 13.3. The Morgan fingerprint density at radius 1 is 1.21 bits per heavy atom. The molecule has 0 aliphatic carbocycles. The maximum Gasteiger partial charge on any atom is 0.338 e. The molecule has 1 aliphatic heterocycles. The number of rotatable bonds is 6. The van der Waals surface area contributed by atoms with Crippen LogP contribution < -0.4 is 0 Å². The summed E-state index contributed by atoms with van der Waals surface area (Å²) in [4.78, 5) is 26.0. The molecule has 2 heterocycles.